The largest absolute Gasteiger partial charge is 0.465 e. The van der Waals surface area contributed by atoms with Gasteiger partial charge in [0.15, 0.2) is 5.82 Å². The van der Waals surface area contributed by atoms with Crippen LogP contribution in [0.4, 0.5) is 14.5 Å². The summed E-state index contributed by atoms with van der Waals surface area (Å²) in [4.78, 5) is 27.8. The summed E-state index contributed by atoms with van der Waals surface area (Å²) in [6.45, 7) is 0. The number of oxime groups is 1. The number of anilines is 1. The highest BCUT2D eigenvalue weighted by molar-refractivity contribution is 5.95. The van der Waals surface area contributed by atoms with E-state index < -0.39 is 29.3 Å². The molecule has 8 heteroatoms. The van der Waals surface area contributed by atoms with Crippen molar-refractivity contribution in [3.63, 3.8) is 0 Å². The first kappa shape index (κ1) is 17.1. The molecule has 2 rings (SSSR count). The molecule has 0 radical (unpaired) electrons. The molecule has 0 bridgehead atoms. The number of halogens is 2. The molecule has 0 heterocycles. The van der Waals surface area contributed by atoms with Crippen LogP contribution in [-0.4, -0.2) is 25.3 Å². The number of hydrogen-bond acceptors (Lipinski definition) is 6. The van der Waals surface area contributed by atoms with Crippen LogP contribution in [0.5, 0.6) is 0 Å². The maximum Gasteiger partial charge on any atom is 0.365 e. The first-order chi connectivity index (χ1) is 11.4. The van der Waals surface area contributed by atoms with E-state index >= 15 is 0 Å². The van der Waals surface area contributed by atoms with Gasteiger partial charge in [-0.25, -0.2) is 18.4 Å². The van der Waals surface area contributed by atoms with Crippen LogP contribution in [0.25, 0.3) is 0 Å². The van der Waals surface area contributed by atoms with Gasteiger partial charge in [-0.3, -0.25) is 0 Å². The fourth-order valence-corrected chi connectivity index (χ4v) is 1.76. The van der Waals surface area contributed by atoms with E-state index in [0.717, 1.165) is 18.3 Å². The molecule has 0 atom stereocenters. The predicted molar refractivity (Wildman–Crippen MR) is 81.6 cm³/mol. The molecular formula is C16H12F2N2O4. The molecule has 0 saturated heterocycles. The van der Waals surface area contributed by atoms with E-state index in [9.17, 15) is 18.4 Å². The molecule has 6 nitrogen and oxygen atoms in total. The van der Waals surface area contributed by atoms with Crippen LogP contribution in [0, 0.1) is 11.6 Å². The summed E-state index contributed by atoms with van der Waals surface area (Å²) in [6.07, 6.45) is 0.882. The molecule has 0 amide bonds. The quantitative estimate of drug-likeness (QED) is 0.305. The van der Waals surface area contributed by atoms with Crippen LogP contribution in [0.3, 0.4) is 0 Å². The zero-order valence-electron chi connectivity index (χ0n) is 12.5. The average molecular weight is 334 g/mol. The lowest BCUT2D eigenvalue weighted by Gasteiger charge is -2.03. The van der Waals surface area contributed by atoms with E-state index in [4.69, 9.17) is 5.73 Å². The number of carbonyl (C=O) groups excluding carboxylic acids is 2. The van der Waals surface area contributed by atoms with E-state index in [1.165, 1.54) is 31.4 Å². The van der Waals surface area contributed by atoms with E-state index in [0.29, 0.717) is 0 Å². The number of methoxy groups -OCH3 is 1. The Balaban J connectivity index is 2.11. The highest BCUT2D eigenvalue weighted by Crippen LogP contribution is 2.17. The number of carbonyl (C=O) groups is 2. The topological polar surface area (TPSA) is 91.0 Å². The molecule has 0 unspecified atom stereocenters. The van der Waals surface area contributed by atoms with E-state index in [1.807, 2.05) is 0 Å². The average Bonchev–Trinajstić information content (AvgIpc) is 2.61. The molecule has 0 fully saturated rings. The third kappa shape index (κ3) is 3.72. The van der Waals surface area contributed by atoms with Crippen molar-refractivity contribution >= 4 is 23.8 Å². The van der Waals surface area contributed by atoms with Gasteiger partial charge in [-0.15, -0.1) is 0 Å². The Bertz CT molecular complexity index is 822. The molecule has 2 aromatic rings. The van der Waals surface area contributed by atoms with Gasteiger partial charge in [-0.1, -0.05) is 11.2 Å². The van der Waals surface area contributed by atoms with Gasteiger partial charge in [0.25, 0.3) is 0 Å². The Morgan fingerprint density at radius 1 is 1.12 bits per heavy atom. The van der Waals surface area contributed by atoms with E-state index in [2.05, 4.69) is 14.7 Å². The van der Waals surface area contributed by atoms with Gasteiger partial charge >= 0.3 is 11.9 Å². The van der Waals surface area contributed by atoms with Crippen LogP contribution in [-0.2, 0) is 9.57 Å². The summed E-state index contributed by atoms with van der Waals surface area (Å²) in [7, 11) is 1.21. The molecule has 0 saturated carbocycles. The van der Waals surface area contributed by atoms with Crippen molar-refractivity contribution in [1.82, 2.24) is 0 Å². The Morgan fingerprint density at radius 3 is 2.46 bits per heavy atom. The monoisotopic (exact) mass is 334 g/mol. The van der Waals surface area contributed by atoms with Crippen molar-refractivity contribution < 1.29 is 27.9 Å². The van der Waals surface area contributed by atoms with Crippen molar-refractivity contribution in [2.24, 2.45) is 5.16 Å². The minimum Gasteiger partial charge on any atom is -0.465 e. The van der Waals surface area contributed by atoms with Crippen molar-refractivity contribution in [1.29, 1.82) is 0 Å². The Kier molecular flexibility index (Phi) is 5.20. The second kappa shape index (κ2) is 7.32. The number of benzene rings is 2. The molecule has 24 heavy (non-hydrogen) atoms. The third-order valence-electron chi connectivity index (χ3n) is 3.00. The maximum absolute atomic E-state index is 13.6. The van der Waals surface area contributed by atoms with Crippen molar-refractivity contribution in [2.75, 3.05) is 12.8 Å². The molecule has 2 N–H and O–H groups in total. The highest BCUT2D eigenvalue weighted by Gasteiger charge is 2.12. The Hall–Kier alpha value is -3.29. The lowest BCUT2D eigenvalue weighted by molar-refractivity contribution is 0.0519. The van der Waals surface area contributed by atoms with Crippen LogP contribution >= 0.6 is 0 Å². The standard InChI is InChI=1S/C16H12F2N2O4/c1-23-15(21)9-3-2-4-10(7-9)16(22)24-20-8-11-5-6-12(17)14(19)13(11)18/h2-8H,19H2,1H3/b20-8+. The molecule has 0 aromatic heterocycles. The minimum absolute atomic E-state index is 0.0501. The minimum atomic E-state index is -1.01. The van der Waals surface area contributed by atoms with Gasteiger partial charge in [-0.2, -0.15) is 0 Å². The molecule has 0 aliphatic carbocycles. The van der Waals surface area contributed by atoms with Gasteiger partial charge in [0.05, 0.1) is 24.5 Å². The maximum atomic E-state index is 13.6. The summed E-state index contributed by atoms with van der Waals surface area (Å²) in [5, 5.41) is 3.34. The van der Waals surface area contributed by atoms with Gasteiger partial charge in [0.2, 0.25) is 0 Å². The Morgan fingerprint density at radius 2 is 1.79 bits per heavy atom. The van der Waals surface area contributed by atoms with Crippen molar-refractivity contribution in [2.45, 2.75) is 0 Å². The second-order valence-corrected chi connectivity index (χ2v) is 4.55. The molecule has 2 aromatic carbocycles. The summed E-state index contributed by atoms with van der Waals surface area (Å²) in [6, 6.07) is 7.65. The van der Waals surface area contributed by atoms with E-state index in [1.54, 1.807) is 0 Å². The van der Waals surface area contributed by atoms with Crippen LogP contribution in [0.1, 0.15) is 26.3 Å². The summed E-state index contributed by atoms with van der Waals surface area (Å²) >= 11 is 0. The summed E-state index contributed by atoms with van der Waals surface area (Å²) in [5.74, 6) is -3.40. The summed E-state index contributed by atoms with van der Waals surface area (Å²) < 4.78 is 31.2. The smallest absolute Gasteiger partial charge is 0.365 e. The first-order valence-electron chi connectivity index (χ1n) is 6.60. The zero-order valence-corrected chi connectivity index (χ0v) is 12.5. The van der Waals surface area contributed by atoms with Crippen LogP contribution < -0.4 is 5.73 Å². The van der Waals surface area contributed by atoms with Crippen molar-refractivity contribution in [3.8, 4) is 0 Å². The predicted octanol–water partition coefficient (Wildman–Crippen LogP) is 2.52. The number of nitrogen functional groups attached to an aromatic ring is 1. The van der Waals surface area contributed by atoms with Gasteiger partial charge in [-0.05, 0) is 30.3 Å². The second-order valence-electron chi connectivity index (χ2n) is 4.55. The number of nitrogens with zero attached hydrogens (tertiary/aromatic N) is 1. The first-order valence-corrected chi connectivity index (χ1v) is 6.60. The Labute approximate surface area is 135 Å². The number of nitrogens with two attached hydrogens (primary N) is 1. The number of ether oxygens (including phenoxy) is 1. The molecule has 124 valence electrons. The lowest BCUT2D eigenvalue weighted by Crippen LogP contribution is -2.06. The van der Waals surface area contributed by atoms with Gasteiger partial charge < -0.3 is 15.3 Å². The zero-order chi connectivity index (χ0) is 17.7. The highest BCUT2D eigenvalue weighted by atomic mass is 19.1. The number of rotatable bonds is 4. The van der Waals surface area contributed by atoms with Crippen LogP contribution in [0.15, 0.2) is 41.6 Å². The van der Waals surface area contributed by atoms with E-state index in [-0.39, 0.29) is 16.7 Å². The number of esters is 1. The van der Waals surface area contributed by atoms with Gasteiger partial charge in [0, 0.05) is 5.56 Å². The normalized spacial score (nSPS) is 10.6. The van der Waals surface area contributed by atoms with Crippen LogP contribution in [0.2, 0.25) is 0 Å². The third-order valence-corrected chi connectivity index (χ3v) is 3.00. The van der Waals surface area contributed by atoms with Gasteiger partial charge in [0.1, 0.15) is 11.5 Å². The number of hydrogen-bond donors (Lipinski definition) is 1. The molecule has 0 spiro atoms. The van der Waals surface area contributed by atoms with Crippen molar-refractivity contribution in [3.05, 3.63) is 64.7 Å². The fourth-order valence-electron chi connectivity index (χ4n) is 1.76. The lowest BCUT2D eigenvalue weighted by atomic mass is 10.1. The molecule has 0 aliphatic rings. The molecule has 0 aliphatic heterocycles. The fraction of sp³-hybridized carbons (Fsp3) is 0.0625. The SMILES string of the molecule is COC(=O)c1cccc(C(=O)O/N=C/c2ccc(F)c(N)c2F)c1. The summed E-state index contributed by atoms with van der Waals surface area (Å²) in [5.41, 5.74) is 4.61. The molecular weight excluding hydrogens is 322 g/mol.